The molecule has 0 heterocycles. The van der Waals surface area contributed by atoms with Crippen LogP contribution in [-0.4, -0.2) is 75.5 Å². The van der Waals surface area contributed by atoms with Crippen LogP contribution in [-0.2, 0) is 28.6 Å². The predicted octanol–water partition coefficient (Wildman–Crippen LogP) is 10.9. The Kier molecular flexibility index (Phi) is 36.8. The Balaban J connectivity index is 4.39. The molecule has 0 spiro atoms. The lowest BCUT2D eigenvalue weighted by Gasteiger charge is -2.34. The van der Waals surface area contributed by atoms with Crippen LogP contribution in [0.2, 0.25) is 0 Å². The van der Waals surface area contributed by atoms with Gasteiger partial charge in [0.2, 0.25) is 0 Å². The fourth-order valence-electron chi connectivity index (χ4n) is 6.23. The molecule has 0 aromatic heterocycles. The van der Waals surface area contributed by atoms with E-state index in [1.54, 1.807) is 21.1 Å². The van der Waals surface area contributed by atoms with E-state index in [0.717, 1.165) is 89.9 Å². The van der Waals surface area contributed by atoms with Gasteiger partial charge in [0, 0.05) is 19.3 Å². The number of hydrogen-bond acceptors (Lipinski definition) is 7. The number of carbonyl (C=O) groups excluding carboxylic acids is 3. The maximum atomic E-state index is 12.7. The summed E-state index contributed by atoms with van der Waals surface area (Å²) in [7, 11) is 5.39. The Morgan fingerprint density at radius 2 is 1.07 bits per heavy atom. The van der Waals surface area contributed by atoms with Crippen LogP contribution in [0.3, 0.4) is 0 Å². The van der Waals surface area contributed by atoms with E-state index in [-0.39, 0.29) is 42.7 Å². The highest BCUT2D eigenvalue weighted by molar-refractivity contribution is 5.70. The van der Waals surface area contributed by atoms with E-state index in [1.165, 1.54) is 51.4 Å². The molecule has 0 aliphatic carbocycles. The molecule has 2 atom stereocenters. The minimum atomic E-state index is -1.13. The zero-order valence-electron chi connectivity index (χ0n) is 36.5. The maximum absolute atomic E-state index is 12.7. The van der Waals surface area contributed by atoms with Gasteiger partial charge >= 0.3 is 11.9 Å². The summed E-state index contributed by atoms with van der Waals surface area (Å²) in [6.45, 7) is 4.50. The number of unbranched alkanes of at least 4 members (excludes halogenated alkanes) is 17. The van der Waals surface area contributed by atoms with Crippen molar-refractivity contribution in [3.05, 3.63) is 60.8 Å². The van der Waals surface area contributed by atoms with Crippen LogP contribution in [0, 0.1) is 0 Å². The van der Waals surface area contributed by atoms with Crippen molar-refractivity contribution in [2.45, 2.75) is 187 Å². The molecule has 0 N–H and O–H groups in total. The molecule has 0 aromatic carbocycles. The first-order valence-electron chi connectivity index (χ1n) is 22.3. The molecule has 0 fully saturated rings. The SMILES string of the molecule is CC/C=C/C/C=C/CCCCCCCCCC(=O)OC(COCCC(C(=O)[O-])[N+](C)(C)C)COC(=O)CCCCCCC/C=C/C=C/C=C/CCCCCCC. The summed E-state index contributed by atoms with van der Waals surface area (Å²) < 4.78 is 17.1. The lowest BCUT2D eigenvalue weighted by atomic mass is 10.1. The number of carbonyl (C=O) groups is 3. The summed E-state index contributed by atoms with van der Waals surface area (Å²) in [6, 6.07) is -0.732. The van der Waals surface area contributed by atoms with Gasteiger partial charge in [-0.3, -0.25) is 9.59 Å². The van der Waals surface area contributed by atoms with Gasteiger partial charge in [0.05, 0.1) is 40.3 Å². The molecular weight excluding hydrogens is 703 g/mol. The molecule has 56 heavy (non-hydrogen) atoms. The molecule has 322 valence electrons. The van der Waals surface area contributed by atoms with Crippen molar-refractivity contribution in [1.29, 1.82) is 0 Å². The Morgan fingerprint density at radius 3 is 1.61 bits per heavy atom. The number of allylic oxidation sites excluding steroid dienone is 10. The highest BCUT2D eigenvalue weighted by atomic mass is 16.6. The van der Waals surface area contributed by atoms with Gasteiger partial charge in [-0.1, -0.05) is 152 Å². The van der Waals surface area contributed by atoms with Crippen LogP contribution in [0.1, 0.15) is 174 Å². The standard InChI is InChI=1S/C48H83NO7/c1-6-8-10-12-14-16-18-20-22-23-24-25-27-28-30-32-34-36-38-46(50)55-43-44(42-54-41-40-45(48(52)53)49(3,4)5)56-47(51)39-37-35-33-31-29-26-21-19-17-15-13-11-9-7-2/h9,11,15,17-18,20,22-25,44-45H,6-8,10,12-14,16,19,21,26-43H2,1-5H3/b11-9+,17-15+,20-18+,23-22+,25-24+. The number of carboxylic acids is 1. The maximum Gasteiger partial charge on any atom is 0.306 e. The fraction of sp³-hybridized carbons (Fsp3) is 0.729. The Morgan fingerprint density at radius 1 is 0.571 bits per heavy atom. The summed E-state index contributed by atoms with van der Waals surface area (Å²) in [5.74, 6) is -1.78. The number of aliphatic carboxylic acids is 1. The van der Waals surface area contributed by atoms with Gasteiger partial charge in [-0.05, 0) is 64.2 Å². The van der Waals surface area contributed by atoms with Crippen LogP contribution >= 0.6 is 0 Å². The topological polar surface area (TPSA) is 102 Å². The van der Waals surface area contributed by atoms with E-state index in [0.29, 0.717) is 12.8 Å². The van der Waals surface area contributed by atoms with Crippen molar-refractivity contribution >= 4 is 17.9 Å². The smallest absolute Gasteiger partial charge is 0.306 e. The molecule has 0 saturated carbocycles. The number of ether oxygens (including phenoxy) is 3. The molecule has 0 saturated heterocycles. The Hall–Kier alpha value is -2.97. The molecule has 0 radical (unpaired) electrons. The average Bonchev–Trinajstić information content (AvgIpc) is 3.15. The minimum Gasteiger partial charge on any atom is -0.544 e. The van der Waals surface area contributed by atoms with Gasteiger partial charge in [-0.25, -0.2) is 0 Å². The third-order valence-corrected chi connectivity index (χ3v) is 9.70. The second-order valence-electron chi connectivity index (χ2n) is 16.0. The highest BCUT2D eigenvalue weighted by Gasteiger charge is 2.25. The molecule has 8 heteroatoms. The highest BCUT2D eigenvalue weighted by Crippen LogP contribution is 2.13. The largest absolute Gasteiger partial charge is 0.544 e. The quantitative estimate of drug-likeness (QED) is 0.0201. The van der Waals surface area contributed by atoms with Crippen molar-refractivity contribution in [1.82, 2.24) is 0 Å². The van der Waals surface area contributed by atoms with Crippen molar-refractivity contribution < 1.29 is 38.2 Å². The lowest BCUT2D eigenvalue weighted by Crippen LogP contribution is -2.55. The average molecular weight is 786 g/mol. The molecule has 0 bridgehead atoms. The van der Waals surface area contributed by atoms with E-state index in [9.17, 15) is 19.5 Å². The first kappa shape index (κ1) is 53.0. The van der Waals surface area contributed by atoms with E-state index in [1.807, 2.05) is 0 Å². The number of hydrogen-bond donors (Lipinski definition) is 0. The molecule has 0 rings (SSSR count). The normalized spacial score (nSPS) is 13.5. The number of esters is 2. The first-order chi connectivity index (χ1) is 27.1. The number of carboxylic acid groups (broad SMARTS) is 1. The van der Waals surface area contributed by atoms with Crippen molar-refractivity contribution in [2.75, 3.05) is 41.0 Å². The van der Waals surface area contributed by atoms with Crippen LogP contribution in [0.5, 0.6) is 0 Å². The third-order valence-electron chi connectivity index (χ3n) is 9.70. The van der Waals surface area contributed by atoms with E-state index in [2.05, 4.69) is 74.6 Å². The first-order valence-corrected chi connectivity index (χ1v) is 22.3. The Labute approximate surface area is 343 Å². The fourth-order valence-corrected chi connectivity index (χ4v) is 6.23. The van der Waals surface area contributed by atoms with Gasteiger partial charge < -0.3 is 28.6 Å². The van der Waals surface area contributed by atoms with E-state index < -0.39 is 18.1 Å². The van der Waals surface area contributed by atoms with Crippen LogP contribution in [0.25, 0.3) is 0 Å². The number of nitrogens with zero attached hydrogens (tertiary/aromatic N) is 1. The second-order valence-corrected chi connectivity index (χ2v) is 16.0. The molecular formula is C48H83NO7. The van der Waals surface area contributed by atoms with Crippen molar-refractivity contribution in [3.8, 4) is 0 Å². The van der Waals surface area contributed by atoms with Crippen LogP contribution in [0.4, 0.5) is 0 Å². The minimum absolute atomic E-state index is 0.0285. The summed E-state index contributed by atoms with van der Waals surface area (Å²) >= 11 is 0. The number of likely N-dealkylation sites (N-methyl/N-ethyl adjacent to an activating group) is 1. The molecule has 0 amide bonds. The van der Waals surface area contributed by atoms with Gasteiger partial charge in [0.25, 0.3) is 0 Å². The summed E-state index contributed by atoms with van der Waals surface area (Å²) in [5, 5.41) is 11.6. The van der Waals surface area contributed by atoms with Crippen molar-refractivity contribution in [3.63, 3.8) is 0 Å². The number of rotatable bonds is 39. The second kappa shape index (κ2) is 38.9. The third kappa shape index (κ3) is 36.7. The zero-order valence-corrected chi connectivity index (χ0v) is 36.5. The number of quaternary nitrogens is 1. The van der Waals surface area contributed by atoms with E-state index in [4.69, 9.17) is 14.2 Å². The van der Waals surface area contributed by atoms with Crippen LogP contribution in [0.15, 0.2) is 60.8 Å². The summed E-state index contributed by atoms with van der Waals surface area (Å²) in [5.41, 5.74) is 0. The molecule has 2 unspecified atom stereocenters. The van der Waals surface area contributed by atoms with Gasteiger partial charge in [-0.15, -0.1) is 0 Å². The molecule has 0 aliphatic rings. The zero-order chi connectivity index (χ0) is 41.4. The Bertz CT molecular complexity index is 1100. The van der Waals surface area contributed by atoms with Crippen molar-refractivity contribution in [2.24, 2.45) is 0 Å². The predicted molar refractivity (Wildman–Crippen MR) is 231 cm³/mol. The molecule has 8 nitrogen and oxygen atoms in total. The van der Waals surface area contributed by atoms with E-state index >= 15 is 0 Å². The molecule has 0 aliphatic heterocycles. The lowest BCUT2D eigenvalue weighted by molar-refractivity contribution is -0.889. The summed E-state index contributed by atoms with van der Waals surface area (Å²) in [4.78, 5) is 36.8. The van der Waals surface area contributed by atoms with Gasteiger partial charge in [0.15, 0.2) is 6.10 Å². The summed E-state index contributed by atoms with van der Waals surface area (Å²) in [6.07, 6.45) is 46.7. The molecule has 0 aromatic rings. The van der Waals surface area contributed by atoms with Crippen LogP contribution < -0.4 is 5.11 Å². The monoisotopic (exact) mass is 786 g/mol. The van der Waals surface area contributed by atoms with Gasteiger partial charge in [0.1, 0.15) is 12.6 Å². The van der Waals surface area contributed by atoms with Gasteiger partial charge in [-0.2, -0.15) is 0 Å².